The van der Waals surface area contributed by atoms with Gasteiger partial charge in [-0.3, -0.25) is 0 Å². The highest BCUT2D eigenvalue weighted by Crippen LogP contribution is 2.44. The molecule has 2 aromatic rings. The Bertz CT molecular complexity index is 613. The van der Waals surface area contributed by atoms with Crippen molar-refractivity contribution in [3.05, 3.63) is 30.0 Å². The van der Waals surface area contributed by atoms with Crippen LogP contribution in [-0.2, 0) is 0 Å². The molecule has 112 valence electrons. The third kappa shape index (κ3) is 2.62. The molecule has 0 amide bonds. The van der Waals surface area contributed by atoms with Crippen LogP contribution in [0.2, 0.25) is 0 Å². The summed E-state index contributed by atoms with van der Waals surface area (Å²) in [6.45, 7) is 2.31. The minimum Gasteiger partial charge on any atom is -0.496 e. The fourth-order valence-corrected chi connectivity index (χ4v) is 3.24. The largest absolute Gasteiger partial charge is 0.496 e. The van der Waals surface area contributed by atoms with E-state index in [1.165, 1.54) is 12.8 Å². The zero-order chi connectivity index (χ0) is 14.8. The third-order valence-electron chi connectivity index (χ3n) is 4.51. The molecule has 4 heteroatoms. The Kier molecular flexibility index (Phi) is 3.86. The van der Waals surface area contributed by atoms with Gasteiger partial charge in [0.05, 0.1) is 12.7 Å². The highest BCUT2D eigenvalue weighted by atomic mass is 16.5. The van der Waals surface area contributed by atoms with Crippen LogP contribution >= 0.6 is 0 Å². The van der Waals surface area contributed by atoms with Crippen molar-refractivity contribution < 1.29 is 9.26 Å². The average Bonchev–Trinajstić information content (AvgIpc) is 2.89. The van der Waals surface area contributed by atoms with E-state index in [-0.39, 0.29) is 0 Å². The molecule has 0 aliphatic heterocycles. The predicted molar refractivity (Wildman–Crippen MR) is 83.3 cm³/mol. The van der Waals surface area contributed by atoms with Crippen LogP contribution < -0.4 is 10.5 Å². The normalized spacial score (nSPS) is 22.2. The highest BCUT2D eigenvalue weighted by molar-refractivity contribution is 5.80. The first-order valence-corrected chi connectivity index (χ1v) is 7.59. The molecule has 21 heavy (non-hydrogen) atoms. The number of hydrogen-bond acceptors (Lipinski definition) is 4. The summed E-state index contributed by atoms with van der Waals surface area (Å²) < 4.78 is 11.1. The number of rotatable bonds is 3. The van der Waals surface area contributed by atoms with Crippen LogP contribution in [0.3, 0.4) is 0 Å². The van der Waals surface area contributed by atoms with E-state index >= 15 is 0 Å². The Hall–Kier alpha value is -1.97. The van der Waals surface area contributed by atoms with Gasteiger partial charge in [0.2, 0.25) is 0 Å². The molecular weight excluding hydrogens is 264 g/mol. The summed E-state index contributed by atoms with van der Waals surface area (Å²) >= 11 is 0. The van der Waals surface area contributed by atoms with E-state index in [2.05, 4.69) is 12.1 Å². The molecule has 0 bridgehead atoms. The number of aromatic nitrogens is 1. The van der Waals surface area contributed by atoms with Crippen LogP contribution in [-0.4, -0.2) is 12.3 Å². The molecule has 1 aliphatic carbocycles. The van der Waals surface area contributed by atoms with Gasteiger partial charge >= 0.3 is 0 Å². The molecule has 1 aromatic heterocycles. The van der Waals surface area contributed by atoms with Gasteiger partial charge in [0.15, 0.2) is 5.82 Å². The van der Waals surface area contributed by atoms with Gasteiger partial charge in [-0.05, 0) is 24.8 Å². The van der Waals surface area contributed by atoms with Crippen molar-refractivity contribution in [1.82, 2.24) is 5.16 Å². The van der Waals surface area contributed by atoms with E-state index in [0.717, 1.165) is 41.4 Å². The first-order chi connectivity index (χ1) is 10.2. The van der Waals surface area contributed by atoms with Gasteiger partial charge < -0.3 is 15.0 Å². The lowest BCUT2D eigenvalue weighted by molar-refractivity contribution is 0.289. The maximum Gasteiger partial charge on any atom is 0.175 e. The smallest absolute Gasteiger partial charge is 0.175 e. The van der Waals surface area contributed by atoms with Crippen LogP contribution in [0.1, 0.15) is 44.3 Å². The average molecular weight is 286 g/mol. The van der Waals surface area contributed by atoms with Crippen molar-refractivity contribution in [2.45, 2.75) is 38.5 Å². The quantitative estimate of drug-likeness (QED) is 0.917. The van der Waals surface area contributed by atoms with Crippen LogP contribution in [0.4, 0.5) is 5.82 Å². The zero-order valence-electron chi connectivity index (χ0n) is 12.6. The number of nitrogens with zero attached hydrogens (tertiary/aromatic N) is 1. The molecule has 1 aliphatic rings. The van der Waals surface area contributed by atoms with Crippen molar-refractivity contribution in [1.29, 1.82) is 0 Å². The molecule has 0 saturated heterocycles. The lowest BCUT2D eigenvalue weighted by Gasteiger charge is -2.25. The Balaban J connectivity index is 2.01. The van der Waals surface area contributed by atoms with Crippen molar-refractivity contribution >= 4 is 5.82 Å². The van der Waals surface area contributed by atoms with Crippen molar-refractivity contribution in [3.8, 4) is 16.9 Å². The Morgan fingerprint density at radius 2 is 1.90 bits per heavy atom. The van der Waals surface area contributed by atoms with Crippen LogP contribution in [0, 0.1) is 5.92 Å². The first kappa shape index (κ1) is 14.0. The molecule has 1 heterocycles. The molecule has 1 saturated carbocycles. The van der Waals surface area contributed by atoms with Gasteiger partial charge in [-0.15, -0.1) is 0 Å². The number of nitrogen functional groups attached to an aromatic ring is 1. The van der Waals surface area contributed by atoms with Crippen LogP contribution in [0.15, 0.2) is 28.8 Å². The molecule has 1 fully saturated rings. The van der Waals surface area contributed by atoms with Gasteiger partial charge in [-0.25, -0.2) is 0 Å². The maximum atomic E-state index is 6.07. The summed E-state index contributed by atoms with van der Waals surface area (Å²) in [7, 11) is 1.67. The maximum absolute atomic E-state index is 6.07. The number of nitrogens with two attached hydrogens (primary N) is 1. The molecule has 0 spiro atoms. The van der Waals surface area contributed by atoms with Crippen molar-refractivity contribution in [2.24, 2.45) is 5.92 Å². The lowest BCUT2D eigenvalue weighted by Crippen LogP contribution is -2.11. The molecule has 1 aromatic carbocycles. The van der Waals surface area contributed by atoms with Crippen LogP contribution in [0.25, 0.3) is 11.1 Å². The summed E-state index contributed by atoms with van der Waals surface area (Å²) in [5.41, 5.74) is 7.94. The van der Waals surface area contributed by atoms with Crippen LogP contribution in [0.5, 0.6) is 5.75 Å². The third-order valence-corrected chi connectivity index (χ3v) is 4.51. The van der Waals surface area contributed by atoms with Crippen molar-refractivity contribution in [3.63, 3.8) is 0 Å². The molecule has 0 unspecified atom stereocenters. The zero-order valence-corrected chi connectivity index (χ0v) is 12.6. The fourth-order valence-electron chi connectivity index (χ4n) is 3.24. The fraction of sp³-hybridized carbons (Fsp3) is 0.471. The Morgan fingerprint density at radius 1 is 1.19 bits per heavy atom. The topological polar surface area (TPSA) is 61.3 Å². The second-order valence-electron chi connectivity index (χ2n) is 5.96. The predicted octanol–water partition coefficient (Wildman–Crippen LogP) is 4.23. The minimum absolute atomic E-state index is 0.408. The second-order valence-corrected chi connectivity index (χ2v) is 5.96. The SMILES string of the molecule is COc1ccccc1-c1c(N)noc1C1CCC(C)CC1. The summed E-state index contributed by atoms with van der Waals surface area (Å²) in [4.78, 5) is 0. The van der Waals surface area contributed by atoms with Gasteiger partial charge in [-0.2, -0.15) is 0 Å². The van der Waals surface area contributed by atoms with Gasteiger partial charge in [0.1, 0.15) is 11.5 Å². The summed E-state index contributed by atoms with van der Waals surface area (Å²) in [6, 6.07) is 7.89. The summed E-state index contributed by atoms with van der Waals surface area (Å²) in [5.74, 6) is 3.39. The van der Waals surface area contributed by atoms with Gasteiger partial charge in [0, 0.05) is 11.5 Å². The van der Waals surface area contributed by atoms with Crippen molar-refractivity contribution in [2.75, 3.05) is 12.8 Å². The standard InChI is InChI=1S/C17H22N2O2/c1-11-7-9-12(10-8-11)16-15(17(18)19-21-16)13-5-3-4-6-14(13)20-2/h3-6,11-12H,7-10H2,1-2H3,(H2,18,19). The molecule has 0 radical (unpaired) electrons. The number of para-hydroxylation sites is 1. The highest BCUT2D eigenvalue weighted by Gasteiger charge is 2.28. The second kappa shape index (κ2) is 5.80. The Labute approximate surface area is 125 Å². The Morgan fingerprint density at radius 3 is 2.62 bits per heavy atom. The minimum atomic E-state index is 0.408. The van der Waals surface area contributed by atoms with E-state index in [1.54, 1.807) is 7.11 Å². The number of ether oxygens (including phenoxy) is 1. The molecule has 3 rings (SSSR count). The first-order valence-electron chi connectivity index (χ1n) is 7.59. The van der Waals surface area contributed by atoms with E-state index in [4.69, 9.17) is 15.0 Å². The van der Waals surface area contributed by atoms with Gasteiger partial charge in [-0.1, -0.05) is 43.1 Å². The van der Waals surface area contributed by atoms with E-state index < -0.39 is 0 Å². The molecule has 0 atom stereocenters. The summed E-state index contributed by atoms with van der Waals surface area (Å²) in [5, 5.41) is 4.01. The lowest BCUT2D eigenvalue weighted by atomic mass is 9.80. The van der Waals surface area contributed by atoms with E-state index in [0.29, 0.717) is 11.7 Å². The van der Waals surface area contributed by atoms with E-state index in [1.807, 2.05) is 24.3 Å². The number of methoxy groups -OCH3 is 1. The summed E-state index contributed by atoms with van der Waals surface area (Å²) in [6.07, 6.45) is 4.74. The number of benzene rings is 1. The monoisotopic (exact) mass is 286 g/mol. The molecule has 2 N–H and O–H groups in total. The van der Waals surface area contributed by atoms with Gasteiger partial charge in [0.25, 0.3) is 0 Å². The molecule has 4 nitrogen and oxygen atoms in total. The number of anilines is 1. The number of hydrogen-bond donors (Lipinski definition) is 1. The van der Waals surface area contributed by atoms with E-state index in [9.17, 15) is 0 Å². The molecular formula is C17H22N2O2.